The van der Waals surface area contributed by atoms with Crippen molar-refractivity contribution in [1.29, 1.82) is 5.26 Å². The average Bonchev–Trinajstić information content (AvgIpc) is 2.39. The number of nitriles is 1. The van der Waals surface area contributed by atoms with Crippen LogP contribution in [0.25, 0.3) is 0 Å². The maximum Gasteiger partial charge on any atom is 0.101 e. The summed E-state index contributed by atoms with van der Waals surface area (Å²) in [6.45, 7) is 10.4. The van der Waals surface area contributed by atoms with Crippen LogP contribution in [-0.4, -0.2) is 0 Å². The van der Waals surface area contributed by atoms with Crippen molar-refractivity contribution < 1.29 is 0 Å². The molecule has 0 spiro atoms. The summed E-state index contributed by atoms with van der Waals surface area (Å²) >= 11 is 6.41. The van der Waals surface area contributed by atoms with Gasteiger partial charge >= 0.3 is 0 Å². The van der Waals surface area contributed by atoms with Crippen LogP contribution >= 0.6 is 11.6 Å². The number of rotatable bonds is 2. The van der Waals surface area contributed by atoms with Crippen molar-refractivity contribution in [2.45, 2.75) is 60.3 Å². The van der Waals surface area contributed by atoms with Crippen molar-refractivity contribution >= 4 is 11.6 Å². The standard InChI is InChI=1S/C17H25ClN2/c1-6-11(2)16(18)15(10-19)13-7-8-17(4,5)9-14(13)12(3)20/h6-9,20H2,1-5H3/b14-12+,15-13-,16-11?. The van der Waals surface area contributed by atoms with Gasteiger partial charge in [-0.25, -0.2) is 0 Å². The molecule has 0 amide bonds. The molecule has 0 heterocycles. The Hall–Kier alpha value is -1.20. The smallest absolute Gasteiger partial charge is 0.101 e. The summed E-state index contributed by atoms with van der Waals surface area (Å²) in [4.78, 5) is 0. The van der Waals surface area contributed by atoms with Crippen molar-refractivity contribution in [3.63, 3.8) is 0 Å². The summed E-state index contributed by atoms with van der Waals surface area (Å²) in [6, 6.07) is 2.30. The SMILES string of the molecule is CCC(C)=C(Cl)/C(C#N)=C1/CCC(C)(C)C/C1=C(/C)N. The Morgan fingerprint density at radius 1 is 1.35 bits per heavy atom. The number of halogens is 1. The molecule has 110 valence electrons. The second kappa shape index (κ2) is 6.50. The average molecular weight is 293 g/mol. The van der Waals surface area contributed by atoms with Crippen molar-refractivity contribution in [3.05, 3.63) is 33.0 Å². The van der Waals surface area contributed by atoms with Crippen molar-refractivity contribution in [2.24, 2.45) is 11.1 Å². The van der Waals surface area contributed by atoms with Crippen molar-refractivity contribution in [2.75, 3.05) is 0 Å². The van der Waals surface area contributed by atoms with Gasteiger partial charge in [-0.05, 0) is 56.1 Å². The molecule has 0 radical (unpaired) electrons. The highest BCUT2D eigenvalue weighted by Gasteiger charge is 2.30. The first kappa shape index (κ1) is 16.9. The largest absolute Gasteiger partial charge is 0.402 e. The van der Waals surface area contributed by atoms with Gasteiger partial charge in [-0.1, -0.05) is 37.9 Å². The van der Waals surface area contributed by atoms with Gasteiger partial charge in [-0.3, -0.25) is 0 Å². The molecule has 1 aliphatic rings. The third kappa shape index (κ3) is 3.67. The normalized spacial score (nSPS) is 24.6. The first-order valence-corrected chi connectivity index (χ1v) is 7.55. The van der Waals surface area contributed by atoms with E-state index in [0.717, 1.165) is 48.1 Å². The first-order valence-electron chi connectivity index (χ1n) is 7.18. The lowest BCUT2D eigenvalue weighted by Gasteiger charge is -2.34. The number of nitrogens with zero attached hydrogens (tertiary/aromatic N) is 1. The molecule has 2 nitrogen and oxygen atoms in total. The fraction of sp³-hybridized carbons (Fsp3) is 0.588. The van der Waals surface area contributed by atoms with Crippen molar-refractivity contribution in [1.82, 2.24) is 0 Å². The highest BCUT2D eigenvalue weighted by Crippen LogP contribution is 2.44. The second-order valence-corrected chi connectivity index (χ2v) is 6.79. The van der Waals surface area contributed by atoms with Gasteiger partial charge in [0.2, 0.25) is 0 Å². The van der Waals surface area contributed by atoms with E-state index in [1.165, 1.54) is 0 Å². The van der Waals surface area contributed by atoms with Gasteiger partial charge < -0.3 is 5.73 Å². The van der Waals surface area contributed by atoms with Gasteiger partial charge in [0.25, 0.3) is 0 Å². The molecular weight excluding hydrogens is 268 g/mol. The van der Waals surface area contributed by atoms with E-state index in [1.54, 1.807) is 0 Å². The Morgan fingerprint density at radius 3 is 2.40 bits per heavy atom. The third-order valence-electron chi connectivity index (χ3n) is 4.09. The third-order valence-corrected chi connectivity index (χ3v) is 4.60. The van der Waals surface area contributed by atoms with E-state index in [-0.39, 0.29) is 5.41 Å². The first-order chi connectivity index (χ1) is 9.23. The van der Waals surface area contributed by atoms with E-state index in [9.17, 15) is 5.26 Å². The van der Waals surface area contributed by atoms with Crippen LogP contribution in [0.15, 0.2) is 33.0 Å². The fourth-order valence-electron chi connectivity index (χ4n) is 2.56. The van der Waals surface area contributed by atoms with Crippen LogP contribution in [-0.2, 0) is 0 Å². The maximum absolute atomic E-state index is 9.53. The zero-order valence-electron chi connectivity index (χ0n) is 13.2. The zero-order chi connectivity index (χ0) is 15.5. The van der Waals surface area contributed by atoms with Crippen LogP contribution in [0.3, 0.4) is 0 Å². The molecule has 0 aliphatic heterocycles. The maximum atomic E-state index is 9.53. The molecule has 1 saturated carbocycles. The number of allylic oxidation sites excluding steroid dienone is 6. The fourth-order valence-corrected chi connectivity index (χ4v) is 2.85. The molecule has 0 aromatic heterocycles. The molecule has 2 N–H and O–H groups in total. The molecule has 20 heavy (non-hydrogen) atoms. The molecule has 0 unspecified atom stereocenters. The molecule has 0 aromatic carbocycles. The Labute approximate surface area is 128 Å². The van der Waals surface area contributed by atoms with Crippen LogP contribution in [0.1, 0.15) is 60.3 Å². The number of nitrogens with two attached hydrogens (primary N) is 1. The topological polar surface area (TPSA) is 49.8 Å². The van der Waals surface area contributed by atoms with Crippen LogP contribution in [0.4, 0.5) is 0 Å². The minimum absolute atomic E-state index is 0.232. The predicted molar refractivity (Wildman–Crippen MR) is 86.0 cm³/mol. The summed E-state index contributed by atoms with van der Waals surface area (Å²) in [5.74, 6) is 0. The van der Waals surface area contributed by atoms with E-state index in [4.69, 9.17) is 17.3 Å². The summed E-state index contributed by atoms with van der Waals surface area (Å²) in [7, 11) is 0. The lowest BCUT2D eigenvalue weighted by molar-refractivity contribution is 0.312. The summed E-state index contributed by atoms with van der Waals surface area (Å²) in [6.07, 6.45) is 3.68. The van der Waals surface area contributed by atoms with Crippen LogP contribution in [0.5, 0.6) is 0 Å². The van der Waals surface area contributed by atoms with Gasteiger partial charge in [-0.2, -0.15) is 5.26 Å². The molecule has 1 fully saturated rings. The lowest BCUT2D eigenvalue weighted by atomic mass is 9.71. The quantitative estimate of drug-likeness (QED) is 0.714. The van der Waals surface area contributed by atoms with Gasteiger partial charge in [0.05, 0.1) is 10.6 Å². The molecule has 0 bridgehead atoms. The highest BCUT2D eigenvalue weighted by atomic mass is 35.5. The zero-order valence-corrected chi connectivity index (χ0v) is 14.0. The number of hydrogen-bond acceptors (Lipinski definition) is 2. The molecule has 0 saturated heterocycles. The van der Waals surface area contributed by atoms with E-state index < -0.39 is 0 Å². The Bertz CT molecular complexity index is 524. The molecule has 1 rings (SSSR count). The minimum atomic E-state index is 0.232. The summed E-state index contributed by atoms with van der Waals surface area (Å²) < 4.78 is 0. The number of hydrogen-bond donors (Lipinski definition) is 1. The van der Waals surface area contributed by atoms with Crippen LogP contribution in [0, 0.1) is 16.7 Å². The highest BCUT2D eigenvalue weighted by molar-refractivity contribution is 6.33. The molecular formula is C17H25ClN2. The van der Waals surface area contributed by atoms with E-state index in [2.05, 4.69) is 19.9 Å². The van der Waals surface area contributed by atoms with Gasteiger partial charge in [0.15, 0.2) is 0 Å². The van der Waals surface area contributed by atoms with Gasteiger partial charge in [-0.15, -0.1) is 0 Å². The van der Waals surface area contributed by atoms with Gasteiger partial charge in [0, 0.05) is 5.70 Å². The lowest BCUT2D eigenvalue weighted by Crippen LogP contribution is -2.22. The Balaban J connectivity index is 3.44. The van der Waals surface area contributed by atoms with E-state index >= 15 is 0 Å². The molecule has 1 aliphatic carbocycles. The monoisotopic (exact) mass is 292 g/mol. The molecule has 0 atom stereocenters. The molecule has 0 aromatic rings. The Morgan fingerprint density at radius 2 is 1.95 bits per heavy atom. The Kier molecular flexibility index (Phi) is 5.48. The van der Waals surface area contributed by atoms with Crippen LogP contribution in [0.2, 0.25) is 0 Å². The van der Waals surface area contributed by atoms with Crippen molar-refractivity contribution in [3.8, 4) is 6.07 Å². The minimum Gasteiger partial charge on any atom is -0.402 e. The van der Waals surface area contributed by atoms with E-state index in [0.29, 0.717) is 10.6 Å². The van der Waals surface area contributed by atoms with E-state index in [1.807, 2.05) is 20.8 Å². The summed E-state index contributed by atoms with van der Waals surface area (Å²) in [5.41, 5.74) is 10.9. The van der Waals surface area contributed by atoms with Crippen LogP contribution < -0.4 is 5.73 Å². The second-order valence-electron chi connectivity index (χ2n) is 6.42. The predicted octanol–water partition coefficient (Wildman–Crippen LogP) is 5.17. The molecule has 3 heteroatoms. The van der Waals surface area contributed by atoms with Gasteiger partial charge in [0.1, 0.15) is 6.07 Å². The summed E-state index contributed by atoms with van der Waals surface area (Å²) in [5, 5.41) is 10.1.